The Balaban J connectivity index is 3.95. The van der Waals surface area contributed by atoms with Crippen molar-refractivity contribution in [3.05, 3.63) is 0 Å². The van der Waals surface area contributed by atoms with Crippen LogP contribution in [0.3, 0.4) is 0 Å². The summed E-state index contributed by atoms with van der Waals surface area (Å²) in [6.07, 6.45) is 0.334. The predicted molar refractivity (Wildman–Crippen MR) is 57.0 cm³/mol. The van der Waals surface area contributed by atoms with E-state index in [0.717, 1.165) is 0 Å². The normalized spacial score (nSPS) is 13.0. The summed E-state index contributed by atoms with van der Waals surface area (Å²) in [5.74, 6) is 4.25. The molecule has 2 unspecified atom stereocenters. The van der Waals surface area contributed by atoms with Crippen LogP contribution in [0.4, 0.5) is 0 Å². The van der Waals surface area contributed by atoms with Crippen molar-refractivity contribution in [2.75, 3.05) is 14.2 Å². The zero-order valence-electron chi connectivity index (χ0n) is 9.36. The summed E-state index contributed by atoms with van der Waals surface area (Å²) in [5, 5.41) is 0. The lowest BCUT2D eigenvalue weighted by molar-refractivity contribution is -0.142. The smallest absolute Gasteiger partial charge is 0.323 e. The van der Waals surface area contributed by atoms with E-state index in [0.29, 0.717) is 0 Å². The zero-order chi connectivity index (χ0) is 12.6. The summed E-state index contributed by atoms with van der Waals surface area (Å²) < 4.78 is 8.83. The minimum absolute atomic E-state index is 0.167. The first kappa shape index (κ1) is 14.4. The molecule has 90 valence electrons. The predicted octanol–water partition coefficient (Wildman–Crippen LogP) is -1.23. The van der Waals surface area contributed by atoms with Gasteiger partial charge in [0.1, 0.15) is 12.1 Å². The highest BCUT2D eigenvalue weighted by molar-refractivity contribution is 5.76. The summed E-state index contributed by atoms with van der Waals surface area (Å²) in [7, 11) is 2.51. The molecule has 0 aromatic rings. The number of nitrogens with two attached hydrogens (primary N) is 2. The lowest BCUT2D eigenvalue weighted by Gasteiger charge is -2.05. The largest absolute Gasteiger partial charge is 0.468 e. The molecule has 0 rings (SSSR count). The minimum Gasteiger partial charge on any atom is -0.468 e. The average Bonchev–Trinajstić information content (AvgIpc) is 2.31. The Morgan fingerprint density at radius 3 is 1.56 bits per heavy atom. The van der Waals surface area contributed by atoms with Crippen molar-refractivity contribution < 1.29 is 19.1 Å². The number of rotatable bonds is 4. The second-order valence-corrected chi connectivity index (χ2v) is 3.02. The van der Waals surface area contributed by atoms with Gasteiger partial charge < -0.3 is 20.9 Å². The zero-order valence-corrected chi connectivity index (χ0v) is 9.36. The third kappa shape index (κ3) is 5.34. The van der Waals surface area contributed by atoms with Crippen LogP contribution < -0.4 is 11.5 Å². The second-order valence-electron chi connectivity index (χ2n) is 3.02. The van der Waals surface area contributed by atoms with Crippen LogP contribution in [0.1, 0.15) is 12.8 Å². The van der Waals surface area contributed by atoms with E-state index >= 15 is 0 Å². The van der Waals surface area contributed by atoms with Gasteiger partial charge >= 0.3 is 11.9 Å². The number of hydrogen-bond donors (Lipinski definition) is 2. The monoisotopic (exact) mass is 228 g/mol. The van der Waals surface area contributed by atoms with E-state index in [2.05, 4.69) is 21.3 Å². The van der Waals surface area contributed by atoms with Gasteiger partial charge in [-0.1, -0.05) is 0 Å². The fraction of sp³-hybridized carbons (Fsp3) is 0.600. The van der Waals surface area contributed by atoms with Crippen LogP contribution in [0, 0.1) is 11.8 Å². The summed E-state index contributed by atoms with van der Waals surface area (Å²) in [5.41, 5.74) is 10.9. The Hall–Kier alpha value is -1.58. The van der Waals surface area contributed by atoms with Crippen LogP contribution >= 0.6 is 0 Å². The highest BCUT2D eigenvalue weighted by atomic mass is 16.5. The van der Waals surface area contributed by atoms with E-state index < -0.39 is 24.0 Å². The SMILES string of the molecule is COC(=O)C(N)CC#CCC(N)C(=O)OC. The van der Waals surface area contributed by atoms with Gasteiger partial charge in [0, 0.05) is 12.8 Å². The quantitative estimate of drug-likeness (QED) is 0.461. The molecule has 0 bridgehead atoms. The van der Waals surface area contributed by atoms with E-state index in [1.807, 2.05) is 0 Å². The molecule has 0 spiro atoms. The van der Waals surface area contributed by atoms with Gasteiger partial charge in [-0.15, -0.1) is 11.8 Å². The molecule has 0 amide bonds. The minimum atomic E-state index is -0.771. The maximum Gasteiger partial charge on any atom is 0.323 e. The number of ether oxygens (including phenoxy) is 2. The van der Waals surface area contributed by atoms with Gasteiger partial charge in [0.25, 0.3) is 0 Å². The van der Waals surface area contributed by atoms with Crippen molar-refractivity contribution in [3.8, 4) is 11.8 Å². The van der Waals surface area contributed by atoms with Gasteiger partial charge in [0.15, 0.2) is 0 Å². The lowest BCUT2D eigenvalue weighted by Crippen LogP contribution is -2.31. The number of carbonyl (C=O) groups is 2. The van der Waals surface area contributed by atoms with E-state index in [1.54, 1.807) is 0 Å². The molecule has 0 heterocycles. The van der Waals surface area contributed by atoms with Crippen LogP contribution in [0.2, 0.25) is 0 Å². The lowest BCUT2D eigenvalue weighted by atomic mass is 10.2. The first-order valence-corrected chi connectivity index (χ1v) is 4.65. The molecular weight excluding hydrogens is 212 g/mol. The van der Waals surface area contributed by atoms with Crippen molar-refractivity contribution in [1.29, 1.82) is 0 Å². The van der Waals surface area contributed by atoms with Crippen molar-refractivity contribution >= 4 is 11.9 Å². The highest BCUT2D eigenvalue weighted by Crippen LogP contribution is 1.92. The van der Waals surface area contributed by atoms with Gasteiger partial charge in [-0.2, -0.15) is 0 Å². The molecule has 4 N–H and O–H groups in total. The maximum atomic E-state index is 10.9. The standard InChI is InChI=1S/C10H16N2O4/c1-15-9(13)7(11)5-3-4-6-8(12)10(14)16-2/h7-8H,5-6,11-12H2,1-2H3. The van der Waals surface area contributed by atoms with Crippen LogP contribution in [0.25, 0.3) is 0 Å². The van der Waals surface area contributed by atoms with Crippen LogP contribution in [0.5, 0.6) is 0 Å². The van der Waals surface area contributed by atoms with Gasteiger partial charge in [-0.05, 0) is 0 Å². The molecule has 0 aliphatic heterocycles. The van der Waals surface area contributed by atoms with Crippen molar-refractivity contribution in [2.24, 2.45) is 11.5 Å². The molecule has 6 nitrogen and oxygen atoms in total. The van der Waals surface area contributed by atoms with E-state index in [1.165, 1.54) is 14.2 Å². The summed E-state index contributed by atoms with van der Waals surface area (Å²) in [4.78, 5) is 21.8. The van der Waals surface area contributed by atoms with Crippen molar-refractivity contribution in [2.45, 2.75) is 24.9 Å². The van der Waals surface area contributed by atoms with E-state index in [-0.39, 0.29) is 12.8 Å². The molecule has 2 atom stereocenters. The summed E-state index contributed by atoms with van der Waals surface area (Å²) in [6.45, 7) is 0. The Kier molecular flexibility index (Phi) is 6.92. The highest BCUT2D eigenvalue weighted by Gasteiger charge is 2.12. The van der Waals surface area contributed by atoms with Crippen LogP contribution in [-0.2, 0) is 19.1 Å². The molecule has 6 heteroatoms. The van der Waals surface area contributed by atoms with Gasteiger partial charge in [0.05, 0.1) is 14.2 Å². The number of esters is 2. The molecule has 0 aliphatic rings. The Labute approximate surface area is 94.3 Å². The summed E-state index contributed by atoms with van der Waals surface area (Å²) in [6, 6.07) is -1.54. The van der Waals surface area contributed by atoms with Gasteiger partial charge in [-0.25, -0.2) is 0 Å². The molecule has 16 heavy (non-hydrogen) atoms. The fourth-order valence-electron chi connectivity index (χ4n) is 0.834. The van der Waals surface area contributed by atoms with Gasteiger partial charge in [0.2, 0.25) is 0 Å². The topological polar surface area (TPSA) is 105 Å². The van der Waals surface area contributed by atoms with Crippen molar-refractivity contribution in [3.63, 3.8) is 0 Å². The van der Waals surface area contributed by atoms with Gasteiger partial charge in [-0.3, -0.25) is 9.59 Å². The first-order valence-electron chi connectivity index (χ1n) is 4.65. The van der Waals surface area contributed by atoms with E-state index in [4.69, 9.17) is 11.5 Å². The Morgan fingerprint density at radius 1 is 1.00 bits per heavy atom. The molecular formula is C10H16N2O4. The molecule has 0 fully saturated rings. The molecule has 0 aromatic carbocycles. The van der Waals surface area contributed by atoms with E-state index in [9.17, 15) is 9.59 Å². The van der Waals surface area contributed by atoms with Crippen molar-refractivity contribution in [1.82, 2.24) is 0 Å². The third-order valence-electron chi connectivity index (χ3n) is 1.78. The third-order valence-corrected chi connectivity index (χ3v) is 1.78. The second kappa shape index (κ2) is 7.68. The Morgan fingerprint density at radius 2 is 1.31 bits per heavy atom. The van der Waals surface area contributed by atoms with Crippen LogP contribution in [0.15, 0.2) is 0 Å². The van der Waals surface area contributed by atoms with Crippen LogP contribution in [-0.4, -0.2) is 38.2 Å². The molecule has 0 radical (unpaired) electrons. The number of hydrogen-bond acceptors (Lipinski definition) is 6. The molecule has 0 aliphatic carbocycles. The number of methoxy groups -OCH3 is 2. The fourth-order valence-corrected chi connectivity index (χ4v) is 0.834. The maximum absolute atomic E-state index is 10.9. The number of carbonyl (C=O) groups excluding carboxylic acids is 2. The average molecular weight is 228 g/mol. The molecule has 0 aromatic heterocycles. The molecule has 0 saturated heterocycles. The Bertz CT molecular complexity index is 278. The summed E-state index contributed by atoms with van der Waals surface area (Å²) >= 11 is 0. The first-order chi connectivity index (χ1) is 7.52. The molecule has 0 saturated carbocycles.